The second-order valence-corrected chi connectivity index (χ2v) is 6.19. The first-order valence-electron chi connectivity index (χ1n) is 9.38. The fourth-order valence-corrected chi connectivity index (χ4v) is 2.49. The van der Waals surface area contributed by atoms with Gasteiger partial charge in [0.15, 0.2) is 5.92 Å². The summed E-state index contributed by atoms with van der Waals surface area (Å²) in [4.78, 5) is 39.8. The summed E-state index contributed by atoms with van der Waals surface area (Å²) in [6.07, 6.45) is -4.38. The van der Waals surface area contributed by atoms with Crippen LogP contribution in [0.15, 0.2) is 23.2 Å². The number of aliphatic hydroxyl groups is 1. The summed E-state index contributed by atoms with van der Waals surface area (Å²) in [7, 11) is 0. The van der Waals surface area contributed by atoms with E-state index in [2.05, 4.69) is 9.73 Å². The molecular formula is C20H24F3NO7. The molecule has 1 aromatic rings. The fraction of sp³-hybridized carbons (Fsp3) is 0.500. The lowest BCUT2D eigenvalue weighted by Gasteiger charge is -2.28. The Hall–Kier alpha value is -2.95. The van der Waals surface area contributed by atoms with Crippen molar-refractivity contribution in [3.8, 4) is 0 Å². The smallest absolute Gasteiger partial charge is 0.432 e. The predicted octanol–water partition coefficient (Wildman–Crippen LogP) is 2.75. The molecule has 0 saturated carbocycles. The van der Waals surface area contributed by atoms with Crippen molar-refractivity contribution >= 4 is 29.8 Å². The number of hydrogen-bond acceptors (Lipinski definition) is 8. The van der Waals surface area contributed by atoms with E-state index in [1.54, 1.807) is 13.8 Å². The Balaban J connectivity index is 3.32. The number of carbonyl (C=O) groups excluding carboxylic acids is 3. The quantitative estimate of drug-likeness (QED) is 0.268. The van der Waals surface area contributed by atoms with E-state index in [0.717, 1.165) is 24.4 Å². The summed E-state index contributed by atoms with van der Waals surface area (Å²) in [5.41, 5.74) is -4.40. The number of esters is 3. The number of aryl methyl sites for hydroxylation is 1. The van der Waals surface area contributed by atoms with E-state index in [1.165, 1.54) is 13.8 Å². The van der Waals surface area contributed by atoms with E-state index >= 15 is 0 Å². The standard InChI is InChI=1S/C20H24F3NO7/c1-5-29-16(25)14(17(26)30-6-2)11-24-15-9-8-13(10-12(15)4)19(28,20(21,22)23)18(27)31-7-3/h8-11,14,28H,5-7H2,1-4H3. The van der Waals surface area contributed by atoms with E-state index < -0.39 is 41.2 Å². The third-order valence-electron chi connectivity index (χ3n) is 4.04. The minimum Gasteiger partial charge on any atom is -0.465 e. The molecule has 8 nitrogen and oxygen atoms in total. The Morgan fingerprint density at radius 1 is 1.03 bits per heavy atom. The normalized spacial score (nSPS) is 13.7. The molecule has 31 heavy (non-hydrogen) atoms. The Kier molecular flexibility index (Phi) is 9.17. The van der Waals surface area contributed by atoms with Gasteiger partial charge in [-0.2, -0.15) is 13.2 Å². The number of hydrogen-bond donors (Lipinski definition) is 1. The average Bonchev–Trinajstić information content (AvgIpc) is 2.68. The summed E-state index contributed by atoms with van der Waals surface area (Å²) in [6, 6.07) is 2.87. The molecule has 0 radical (unpaired) electrons. The second kappa shape index (κ2) is 10.9. The number of halogens is 3. The zero-order valence-corrected chi connectivity index (χ0v) is 17.5. The maximum Gasteiger partial charge on any atom is 0.432 e. The predicted molar refractivity (Wildman–Crippen MR) is 103 cm³/mol. The molecule has 1 rings (SSSR count). The molecule has 0 saturated heterocycles. The van der Waals surface area contributed by atoms with Gasteiger partial charge in [-0.15, -0.1) is 0 Å². The van der Waals surface area contributed by atoms with Gasteiger partial charge in [0, 0.05) is 11.8 Å². The van der Waals surface area contributed by atoms with Gasteiger partial charge in [0.1, 0.15) is 0 Å². The van der Waals surface area contributed by atoms with Gasteiger partial charge >= 0.3 is 24.1 Å². The largest absolute Gasteiger partial charge is 0.465 e. The van der Waals surface area contributed by atoms with Crippen molar-refractivity contribution in [3.05, 3.63) is 29.3 Å². The SMILES string of the molecule is CCOC(=O)C(C=Nc1ccc(C(O)(C(=O)OCC)C(F)(F)F)cc1C)C(=O)OCC. The van der Waals surface area contributed by atoms with Gasteiger partial charge in [0.2, 0.25) is 0 Å². The number of rotatable bonds is 9. The van der Waals surface area contributed by atoms with Crippen LogP contribution in [-0.2, 0) is 34.2 Å². The molecule has 1 aromatic carbocycles. The second-order valence-electron chi connectivity index (χ2n) is 6.19. The van der Waals surface area contributed by atoms with E-state index in [0.29, 0.717) is 0 Å². The van der Waals surface area contributed by atoms with Crippen LogP contribution in [0.25, 0.3) is 0 Å². The number of aliphatic imine (C=N–C) groups is 1. The highest BCUT2D eigenvalue weighted by atomic mass is 19.4. The lowest BCUT2D eigenvalue weighted by molar-refractivity contribution is -0.267. The van der Waals surface area contributed by atoms with Crippen LogP contribution in [0.1, 0.15) is 31.9 Å². The van der Waals surface area contributed by atoms with Gasteiger partial charge in [0.25, 0.3) is 5.60 Å². The minimum absolute atomic E-state index is 0.0141. The number of nitrogens with zero attached hydrogens (tertiary/aromatic N) is 1. The summed E-state index contributed by atoms with van der Waals surface area (Å²) >= 11 is 0. The third kappa shape index (κ3) is 6.03. The molecule has 0 heterocycles. The van der Waals surface area contributed by atoms with Crippen molar-refractivity contribution in [2.75, 3.05) is 19.8 Å². The minimum atomic E-state index is -5.34. The van der Waals surface area contributed by atoms with Gasteiger partial charge in [0.05, 0.1) is 25.5 Å². The average molecular weight is 447 g/mol. The van der Waals surface area contributed by atoms with Crippen molar-refractivity contribution in [2.45, 2.75) is 39.5 Å². The van der Waals surface area contributed by atoms with Crippen molar-refractivity contribution in [1.82, 2.24) is 0 Å². The van der Waals surface area contributed by atoms with Crippen LogP contribution in [0.2, 0.25) is 0 Å². The zero-order chi connectivity index (χ0) is 23.8. The summed E-state index contributed by atoms with van der Waals surface area (Å²) in [5, 5.41) is 10.2. The maximum atomic E-state index is 13.5. The van der Waals surface area contributed by atoms with Crippen molar-refractivity contribution in [2.24, 2.45) is 10.9 Å². The molecular weight excluding hydrogens is 423 g/mol. The van der Waals surface area contributed by atoms with Gasteiger partial charge in [-0.25, -0.2) is 4.79 Å². The van der Waals surface area contributed by atoms with E-state index in [-0.39, 0.29) is 31.1 Å². The van der Waals surface area contributed by atoms with Crippen molar-refractivity contribution < 1.29 is 46.9 Å². The zero-order valence-electron chi connectivity index (χ0n) is 17.5. The molecule has 0 fully saturated rings. The van der Waals surface area contributed by atoms with Crippen LogP contribution in [0.3, 0.4) is 0 Å². The summed E-state index contributed by atoms with van der Waals surface area (Å²) in [6.45, 7) is 5.45. The lowest BCUT2D eigenvalue weighted by atomic mass is 9.91. The van der Waals surface area contributed by atoms with Crippen molar-refractivity contribution in [3.63, 3.8) is 0 Å². The van der Waals surface area contributed by atoms with E-state index in [4.69, 9.17) is 9.47 Å². The molecule has 11 heteroatoms. The van der Waals surface area contributed by atoms with Gasteiger partial charge in [-0.1, -0.05) is 12.1 Å². The first-order valence-corrected chi connectivity index (χ1v) is 9.38. The Bertz CT molecular complexity index is 821. The van der Waals surface area contributed by atoms with Crippen LogP contribution in [0.5, 0.6) is 0 Å². The van der Waals surface area contributed by atoms with Gasteiger partial charge < -0.3 is 19.3 Å². The molecule has 0 aromatic heterocycles. The molecule has 1 atom stereocenters. The first kappa shape index (κ1) is 26.1. The number of ether oxygens (including phenoxy) is 3. The highest BCUT2D eigenvalue weighted by Gasteiger charge is 2.62. The van der Waals surface area contributed by atoms with Gasteiger partial charge in [-0.3, -0.25) is 14.6 Å². The topological polar surface area (TPSA) is 111 Å². The Morgan fingerprint density at radius 3 is 1.97 bits per heavy atom. The number of carbonyl (C=O) groups is 3. The van der Waals surface area contributed by atoms with Crippen LogP contribution in [-0.4, -0.2) is 55.2 Å². The third-order valence-corrected chi connectivity index (χ3v) is 4.04. The Morgan fingerprint density at radius 2 is 1.55 bits per heavy atom. The molecule has 0 amide bonds. The summed E-state index contributed by atoms with van der Waals surface area (Å²) in [5.74, 6) is -5.12. The molecule has 0 aliphatic carbocycles. The number of benzene rings is 1. The summed E-state index contributed by atoms with van der Waals surface area (Å²) < 4.78 is 54.5. The molecule has 1 unspecified atom stereocenters. The molecule has 0 aliphatic heterocycles. The van der Waals surface area contributed by atoms with Crippen molar-refractivity contribution in [1.29, 1.82) is 0 Å². The maximum absolute atomic E-state index is 13.5. The molecule has 172 valence electrons. The van der Waals surface area contributed by atoms with E-state index in [9.17, 15) is 32.7 Å². The van der Waals surface area contributed by atoms with E-state index in [1.807, 2.05) is 0 Å². The number of alkyl halides is 3. The highest BCUT2D eigenvalue weighted by molar-refractivity contribution is 6.09. The van der Waals surface area contributed by atoms with Crippen LogP contribution < -0.4 is 0 Å². The molecule has 0 aliphatic rings. The Labute approximate surface area is 177 Å². The molecule has 0 spiro atoms. The first-order chi connectivity index (χ1) is 14.4. The van der Waals surface area contributed by atoms with Crippen LogP contribution >= 0.6 is 0 Å². The fourth-order valence-electron chi connectivity index (χ4n) is 2.49. The molecule has 0 bridgehead atoms. The van der Waals surface area contributed by atoms with Gasteiger partial charge in [-0.05, 0) is 39.3 Å². The highest BCUT2D eigenvalue weighted by Crippen LogP contribution is 2.41. The monoisotopic (exact) mass is 447 g/mol. The lowest BCUT2D eigenvalue weighted by Crippen LogP contribution is -2.50. The molecule has 1 N–H and O–H groups in total. The van der Waals surface area contributed by atoms with Crippen LogP contribution in [0, 0.1) is 12.8 Å². The van der Waals surface area contributed by atoms with Crippen LogP contribution in [0.4, 0.5) is 18.9 Å².